The summed E-state index contributed by atoms with van der Waals surface area (Å²) in [4.78, 5) is 16.3. The van der Waals surface area contributed by atoms with Gasteiger partial charge in [0.2, 0.25) is 0 Å². The van der Waals surface area contributed by atoms with Gasteiger partial charge in [0.1, 0.15) is 17.5 Å². The minimum Gasteiger partial charge on any atom is -0.370 e. The van der Waals surface area contributed by atoms with Crippen LogP contribution in [-0.4, -0.2) is 17.4 Å². The number of halogens is 2. The maximum absolute atomic E-state index is 13.5. The minimum atomic E-state index is -0.467. The first kappa shape index (κ1) is 17.5. The second-order valence-corrected chi connectivity index (χ2v) is 5.66. The number of anilines is 2. The van der Waals surface area contributed by atoms with Gasteiger partial charge in [0.25, 0.3) is 5.91 Å². The molecule has 0 spiro atoms. The third-order valence-electron chi connectivity index (χ3n) is 3.77. The van der Waals surface area contributed by atoms with Gasteiger partial charge < -0.3 is 10.6 Å². The van der Waals surface area contributed by atoms with E-state index in [4.69, 9.17) is 0 Å². The van der Waals surface area contributed by atoms with Gasteiger partial charge in [-0.05, 0) is 48.4 Å². The molecule has 2 N–H and O–H groups in total. The minimum absolute atomic E-state index is 0.224. The van der Waals surface area contributed by atoms with Crippen molar-refractivity contribution in [3.05, 3.63) is 89.6 Å². The zero-order chi connectivity index (χ0) is 18.4. The molecule has 4 nitrogen and oxygen atoms in total. The highest BCUT2D eigenvalue weighted by Gasteiger charge is 2.07. The van der Waals surface area contributed by atoms with E-state index in [9.17, 15) is 13.6 Å². The Morgan fingerprint density at radius 2 is 1.85 bits per heavy atom. The summed E-state index contributed by atoms with van der Waals surface area (Å²) in [5.74, 6) is -0.487. The normalized spacial score (nSPS) is 10.4. The van der Waals surface area contributed by atoms with Crippen LogP contribution in [0.3, 0.4) is 0 Å². The second kappa shape index (κ2) is 8.20. The van der Waals surface area contributed by atoms with Crippen LogP contribution in [-0.2, 0) is 6.42 Å². The molecule has 0 aliphatic carbocycles. The van der Waals surface area contributed by atoms with Crippen molar-refractivity contribution in [2.45, 2.75) is 6.42 Å². The van der Waals surface area contributed by atoms with Crippen LogP contribution in [0.5, 0.6) is 0 Å². The van der Waals surface area contributed by atoms with E-state index in [1.54, 1.807) is 30.3 Å². The zero-order valence-electron chi connectivity index (χ0n) is 13.9. The lowest BCUT2D eigenvalue weighted by molar-refractivity contribution is 0.102. The van der Waals surface area contributed by atoms with Crippen molar-refractivity contribution < 1.29 is 13.6 Å². The molecule has 1 heterocycles. The Morgan fingerprint density at radius 3 is 2.58 bits per heavy atom. The first-order valence-electron chi connectivity index (χ1n) is 8.12. The van der Waals surface area contributed by atoms with E-state index < -0.39 is 11.7 Å². The van der Waals surface area contributed by atoms with Gasteiger partial charge in [-0.3, -0.25) is 4.79 Å². The molecule has 132 valence electrons. The smallest absolute Gasteiger partial charge is 0.255 e. The Labute approximate surface area is 149 Å². The molecule has 3 rings (SSSR count). The molecule has 2 aromatic carbocycles. The lowest BCUT2D eigenvalue weighted by Gasteiger charge is -2.08. The molecule has 0 fully saturated rings. The third kappa shape index (κ3) is 4.63. The van der Waals surface area contributed by atoms with Gasteiger partial charge >= 0.3 is 0 Å². The Balaban J connectivity index is 1.53. The molecule has 0 unspecified atom stereocenters. The highest BCUT2D eigenvalue weighted by atomic mass is 19.1. The Bertz CT molecular complexity index is 898. The topological polar surface area (TPSA) is 54.0 Å². The molecule has 0 saturated heterocycles. The molecule has 6 heteroatoms. The highest BCUT2D eigenvalue weighted by Crippen LogP contribution is 2.13. The number of hydrogen-bond donors (Lipinski definition) is 2. The maximum atomic E-state index is 13.5. The molecule has 0 bridgehead atoms. The number of carbonyl (C=O) groups excluding carboxylic acids is 1. The summed E-state index contributed by atoms with van der Waals surface area (Å²) in [6, 6.07) is 15.5. The molecule has 0 atom stereocenters. The molecule has 0 radical (unpaired) electrons. The number of amides is 1. The number of benzene rings is 2. The fourth-order valence-electron chi connectivity index (χ4n) is 2.43. The van der Waals surface area contributed by atoms with Gasteiger partial charge in [0.15, 0.2) is 0 Å². The van der Waals surface area contributed by atoms with E-state index in [1.807, 2.05) is 0 Å². The number of nitrogens with one attached hydrogen (secondary N) is 2. The summed E-state index contributed by atoms with van der Waals surface area (Å²) in [6.07, 6.45) is 2.04. The van der Waals surface area contributed by atoms with E-state index >= 15 is 0 Å². The summed E-state index contributed by atoms with van der Waals surface area (Å²) in [5, 5.41) is 5.76. The first-order valence-corrected chi connectivity index (χ1v) is 8.12. The van der Waals surface area contributed by atoms with Gasteiger partial charge in [0, 0.05) is 12.1 Å². The molecule has 3 aromatic rings. The van der Waals surface area contributed by atoms with E-state index in [2.05, 4.69) is 15.6 Å². The van der Waals surface area contributed by atoms with Crippen molar-refractivity contribution in [2.75, 3.05) is 17.2 Å². The fourth-order valence-corrected chi connectivity index (χ4v) is 2.43. The maximum Gasteiger partial charge on any atom is 0.255 e. The van der Waals surface area contributed by atoms with Crippen LogP contribution in [0.15, 0.2) is 66.9 Å². The monoisotopic (exact) mass is 353 g/mol. The quantitative estimate of drug-likeness (QED) is 0.696. The van der Waals surface area contributed by atoms with Crippen molar-refractivity contribution in [3.63, 3.8) is 0 Å². The Hall–Kier alpha value is -3.28. The van der Waals surface area contributed by atoms with Crippen molar-refractivity contribution >= 4 is 17.4 Å². The lowest BCUT2D eigenvalue weighted by atomic mass is 10.1. The number of carbonyl (C=O) groups is 1. The van der Waals surface area contributed by atoms with Crippen LogP contribution in [0.1, 0.15) is 15.9 Å². The van der Waals surface area contributed by atoms with Crippen molar-refractivity contribution in [1.82, 2.24) is 4.98 Å². The predicted octanol–water partition coefficient (Wildman–Crippen LogP) is 4.27. The van der Waals surface area contributed by atoms with Crippen LogP contribution < -0.4 is 10.6 Å². The standard InChI is InChI=1S/C20H17F2N3O/c21-16-6-3-5-15(12-16)20(26)25-17-8-9-19(24-13-17)23-11-10-14-4-1-2-7-18(14)22/h1-9,12-13H,10-11H2,(H,23,24)(H,25,26). The number of hydrogen-bond acceptors (Lipinski definition) is 3. The summed E-state index contributed by atoms with van der Waals surface area (Å²) in [7, 11) is 0. The van der Waals surface area contributed by atoms with Gasteiger partial charge in [-0.2, -0.15) is 0 Å². The molecule has 0 saturated carbocycles. The lowest BCUT2D eigenvalue weighted by Crippen LogP contribution is -2.12. The largest absolute Gasteiger partial charge is 0.370 e. The zero-order valence-corrected chi connectivity index (χ0v) is 13.9. The van der Waals surface area contributed by atoms with E-state index in [1.165, 1.54) is 36.5 Å². The molecule has 1 amide bonds. The fraction of sp³-hybridized carbons (Fsp3) is 0.100. The number of rotatable bonds is 6. The van der Waals surface area contributed by atoms with Crippen LogP contribution in [0.4, 0.5) is 20.3 Å². The third-order valence-corrected chi connectivity index (χ3v) is 3.77. The average Bonchev–Trinajstić information content (AvgIpc) is 2.65. The molecule has 0 aliphatic heterocycles. The molecule has 26 heavy (non-hydrogen) atoms. The Kier molecular flexibility index (Phi) is 5.53. The number of nitrogens with zero attached hydrogens (tertiary/aromatic N) is 1. The van der Waals surface area contributed by atoms with Gasteiger partial charge in [0.05, 0.1) is 11.9 Å². The summed E-state index contributed by atoms with van der Waals surface area (Å²) in [5.41, 5.74) is 1.37. The van der Waals surface area contributed by atoms with Gasteiger partial charge in [-0.15, -0.1) is 0 Å². The van der Waals surface area contributed by atoms with Crippen LogP contribution in [0.25, 0.3) is 0 Å². The SMILES string of the molecule is O=C(Nc1ccc(NCCc2ccccc2F)nc1)c1cccc(F)c1. The summed E-state index contributed by atoms with van der Waals surface area (Å²) < 4.78 is 26.7. The van der Waals surface area contributed by atoms with E-state index in [0.717, 1.165) is 0 Å². The highest BCUT2D eigenvalue weighted by molar-refractivity contribution is 6.04. The van der Waals surface area contributed by atoms with Crippen molar-refractivity contribution in [3.8, 4) is 0 Å². The molecular formula is C20H17F2N3O. The average molecular weight is 353 g/mol. The molecule has 1 aromatic heterocycles. The molecule has 0 aliphatic rings. The Morgan fingerprint density at radius 1 is 1.00 bits per heavy atom. The van der Waals surface area contributed by atoms with E-state index in [0.29, 0.717) is 30.0 Å². The predicted molar refractivity (Wildman–Crippen MR) is 97.2 cm³/mol. The van der Waals surface area contributed by atoms with Gasteiger partial charge in [-0.1, -0.05) is 24.3 Å². The second-order valence-electron chi connectivity index (χ2n) is 5.66. The van der Waals surface area contributed by atoms with Crippen LogP contribution >= 0.6 is 0 Å². The van der Waals surface area contributed by atoms with Crippen molar-refractivity contribution in [2.24, 2.45) is 0 Å². The van der Waals surface area contributed by atoms with Crippen LogP contribution in [0, 0.1) is 11.6 Å². The summed E-state index contributed by atoms with van der Waals surface area (Å²) >= 11 is 0. The molecular weight excluding hydrogens is 336 g/mol. The van der Waals surface area contributed by atoms with Crippen molar-refractivity contribution in [1.29, 1.82) is 0 Å². The summed E-state index contributed by atoms with van der Waals surface area (Å²) in [6.45, 7) is 0.531. The number of pyridine rings is 1. The first-order chi connectivity index (χ1) is 12.6. The van der Waals surface area contributed by atoms with E-state index in [-0.39, 0.29) is 11.4 Å². The van der Waals surface area contributed by atoms with Gasteiger partial charge in [-0.25, -0.2) is 13.8 Å². The van der Waals surface area contributed by atoms with Crippen LogP contribution in [0.2, 0.25) is 0 Å². The number of aromatic nitrogens is 1.